The zero-order chi connectivity index (χ0) is 21.8. The van der Waals surface area contributed by atoms with Crippen LogP contribution in [0, 0.1) is 0 Å². The van der Waals surface area contributed by atoms with E-state index in [0.29, 0.717) is 28.9 Å². The summed E-state index contributed by atoms with van der Waals surface area (Å²) in [4.78, 5) is 52.2. The van der Waals surface area contributed by atoms with Crippen molar-refractivity contribution in [3.05, 3.63) is 59.7 Å². The van der Waals surface area contributed by atoms with Gasteiger partial charge in [-0.25, -0.2) is 4.79 Å². The molecule has 0 bridgehead atoms. The van der Waals surface area contributed by atoms with Crippen LogP contribution in [0.1, 0.15) is 46.4 Å². The van der Waals surface area contributed by atoms with Crippen LogP contribution in [0.5, 0.6) is 0 Å². The fourth-order valence-electron chi connectivity index (χ4n) is 3.86. The molecule has 2 aliphatic rings. The van der Waals surface area contributed by atoms with E-state index in [4.69, 9.17) is 0 Å². The Morgan fingerprint density at radius 1 is 0.839 bits per heavy atom. The Bertz CT molecular complexity index is 995. The lowest BCUT2D eigenvalue weighted by Crippen LogP contribution is -2.32. The normalized spacial score (nSPS) is 15.2. The number of imide groups is 1. The number of benzene rings is 2. The predicted molar refractivity (Wildman–Crippen MR) is 116 cm³/mol. The second-order valence-corrected chi connectivity index (χ2v) is 7.66. The van der Waals surface area contributed by atoms with Crippen molar-refractivity contribution in [1.82, 2.24) is 9.80 Å². The molecule has 5 amide bonds. The third-order valence-electron chi connectivity index (χ3n) is 5.45. The van der Waals surface area contributed by atoms with Crippen LogP contribution in [0.25, 0.3) is 0 Å². The maximum Gasteiger partial charge on any atom is 0.321 e. The first-order valence-electron chi connectivity index (χ1n) is 10.4. The summed E-state index contributed by atoms with van der Waals surface area (Å²) in [7, 11) is 0. The van der Waals surface area contributed by atoms with Gasteiger partial charge in [0, 0.05) is 37.4 Å². The maximum atomic E-state index is 12.4. The van der Waals surface area contributed by atoms with Gasteiger partial charge in [0.1, 0.15) is 0 Å². The highest BCUT2D eigenvalue weighted by Gasteiger charge is 2.34. The Morgan fingerprint density at radius 2 is 1.45 bits per heavy atom. The predicted octanol–water partition coefficient (Wildman–Crippen LogP) is 3.33. The Morgan fingerprint density at radius 3 is 2.10 bits per heavy atom. The van der Waals surface area contributed by atoms with Gasteiger partial charge in [0.05, 0.1) is 11.1 Å². The molecule has 0 atom stereocenters. The molecule has 2 aromatic carbocycles. The van der Waals surface area contributed by atoms with Crippen molar-refractivity contribution in [2.24, 2.45) is 0 Å². The van der Waals surface area contributed by atoms with Crippen molar-refractivity contribution in [1.29, 1.82) is 0 Å². The molecule has 0 aromatic heterocycles. The highest BCUT2D eigenvalue weighted by molar-refractivity contribution is 6.21. The molecule has 0 unspecified atom stereocenters. The van der Waals surface area contributed by atoms with Crippen LogP contribution in [0.4, 0.5) is 16.2 Å². The monoisotopic (exact) mass is 420 g/mol. The van der Waals surface area contributed by atoms with Crippen LogP contribution in [-0.4, -0.2) is 53.2 Å². The van der Waals surface area contributed by atoms with Crippen LogP contribution in [-0.2, 0) is 4.79 Å². The minimum atomic E-state index is -0.317. The molecular weight excluding hydrogens is 396 g/mol. The third kappa shape index (κ3) is 4.58. The molecule has 0 aliphatic carbocycles. The molecule has 2 heterocycles. The number of nitrogens with zero attached hydrogens (tertiary/aromatic N) is 2. The van der Waals surface area contributed by atoms with E-state index in [-0.39, 0.29) is 36.7 Å². The molecule has 1 saturated heterocycles. The van der Waals surface area contributed by atoms with Gasteiger partial charge in [-0.3, -0.25) is 19.3 Å². The standard InChI is InChI=1S/C23H24N4O4/c28-20(11-6-14-27-21(29)18-9-1-2-10-19(18)22(27)30)24-16-7-5-8-17(15-16)25-23(31)26-12-3-4-13-26/h1-2,5,7-10,15H,3-4,6,11-14H2,(H,24,28)(H,25,31). The Balaban J connectivity index is 1.26. The number of carbonyl (C=O) groups is 4. The molecule has 160 valence electrons. The van der Waals surface area contributed by atoms with Gasteiger partial charge in [0.25, 0.3) is 11.8 Å². The van der Waals surface area contributed by atoms with Crippen molar-refractivity contribution in [2.45, 2.75) is 25.7 Å². The summed E-state index contributed by atoms with van der Waals surface area (Å²) in [5.74, 6) is -0.857. The number of rotatable bonds is 6. The zero-order valence-electron chi connectivity index (χ0n) is 17.1. The quantitative estimate of drug-likeness (QED) is 0.701. The molecule has 8 nitrogen and oxygen atoms in total. The number of carbonyl (C=O) groups excluding carboxylic acids is 4. The van der Waals surface area contributed by atoms with Gasteiger partial charge in [-0.05, 0) is 49.6 Å². The van der Waals surface area contributed by atoms with Crippen molar-refractivity contribution < 1.29 is 19.2 Å². The smallest absolute Gasteiger partial charge is 0.321 e. The van der Waals surface area contributed by atoms with Crippen LogP contribution in [0.15, 0.2) is 48.5 Å². The fraction of sp³-hybridized carbons (Fsp3) is 0.304. The Kier molecular flexibility index (Phi) is 5.97. The molecular formula is C23H24N4O4. The number of urea groups is 1. The minimum absolute atomic E-state index is 0.137. The van der Waals surface area contributed by atoms with E-state index in [1.165, 1.54) is 4.90 Å². The number of hydrogen-bond acceptors (Lipinski definition) is 4. The molecule has 31 heavy (non-hydrogen) atoms. The lowest BCUT2D eigenvalue weighted by atomic mass is 10.1. The topological polar surface area (TPSA) is 98.8 Å². The summed E-state index contributed by atoms with van der Waals surface area (Å²) in [6.45, 7) is 1.70. The van der Waals surface area contributed by atoms with E-state index in [2.05, 4.69) is 10.6 Å². The second kappa shape index (κ2) is 8.99. The van der Waals surface area contributed by atoms with E-state index in [1.807, 2.05) is 0 Å². The van der Waals surface area contributed by atoms with Crippen LogP contribution < -0.4 is 10.6 Å². The lowest BCUT2D eigenvalue weighted by molar-refractivity contribution is -0.116. The van der Waals surface area contributed by atoms with E-state index >= 15 is 0 Å². The molecule has 4 rings (SSSR count). The summed E-state index contributed by atoms with van der Waals surface area (Å²) in [5, 5.41) is 5.65. The largest absolute Gasteiger partial charge is 0.326 e. The highest BCUT2D eigenvalue weighted by Crippen LogP contribution is 2.23. The number of hydrogen-bond donors (Lipinski definition) is 2. The zero-order valence-corrected chi connectivity index (χ0v) is 17.1. The molecule has 2 aliphatic heterocycles. The van der Waals surface area contributed by atoms with E-state index in [9.17, 15) is 19.2 Å². The average Bonchev–Trinajstić information content (AvgIpc) is 3.38. The van der Waals surface area contributed by atoms with E-state index in [1.54, 1.807) is 53.4 Å². The van der Waals surface area contributed by atoms with Crippen LogP contribution in [0.3, 0.4) is 0 Å². The number of nitrogens with one attached hydrogen (secondary N) is 2. The summed E-state index contributed by atoms with van der Waals surface area (Å²) in [6, 6.07) is 13.6. The number of likely N-dealkylation sites (tertiary alicyclic amines) is 1. The molecule has 8 heteroatoms. The molecule has 2 N–H and O–H groups in total. The van der Waals surface area contributed by atoms with E-state index in [0.717, 1.165) is 25.9 Å². The summed E-state index contributed by atoms with van der Waals surface area (Å²) in [5.41, 5.74) is 2.00. The van der Waals surface area contributed by atoms with Gasteiger partial charge in [-0.15, -0.1) is 0 Å². The lowest BCUT2D eigenvalue weighted by Gasteiger charge is -2.16. The van der Waals surface area contributed by atoms with Gasteiger partial charge in [0.15, 0.2) is 0 Å². The Hall–Kier alpha value is -3.68. The van der Waals surface area contributed by atoms with Crippen molar-refractivity contribution in [2.75, 3.05) is 30.3 Å². The van der Waals surface area contributed by atoms with Gasteiger partial charge in [-0.2, -0.15) is 0 Å². The van der Waals surface area contributed by atoms with Gasteiger partial charge < -0.3 is 15.5 Å². The highest BCUT2D eigenvalue weighted by atomic mass is 16.2. The number of anilines is 2. The Labute approximate surface area is 180 Å². The first-order valence-corrected chi connectivity index (χ1v) is 10.4. The van der Waals surface area contributed by atoms with Gasteiger partial charge >= 0.3 is 6.03 Å². The first-order chi connectivity index (χ1) is 15.0. The molecule has 0 radical (unpaired) electrons. The summed E-state index contributed by atoms with van der Waals surface area (Å²) < 4.78 is 0. The van der Waals surface area contributed by atoms with Crippen LogP contribution in [0.2, 0.25) is 0 Å². The second-order valence-electron chi connectivity index (χ2n) is 7.66. The first kappa shape index (κ1) is 20.6. The average molecular weight is 420 g/mol. The van der Waals surface area contributed by atoms with Crippen molar-refractivity contribution in [3.63, 3.8) is 0 Å². The van der Waals surface area contributed by atoms with Gasteiger partial charge in [0.2, 0.25) is 5.91 Å². The number of amides is 5. The minimum Gasteiger partial charge on any atom is -0.326 e. The van der Waals surface area contributed by atoms with Crippen molar-refractivity contribution in [3.8, 4) is 0 Å². The third-order valence-corrected chi connectivity index (χ3v) is 5.45. The van der Waals surface area contributed by atoms with E-state index < -0.39 is 0 Å². The molecule has 0 spiro atoms. The molecule has 2 aromatic rings. The maximum absolute atomic E-state index is 12.4. The summed E-state index contributed by atoms with van der Waals surface area (Å²) in [6.07, 6.45) is 2.56. The molecule has 1 fully saturated rings. The van der Waals surface area contributed by atoms with Gasteiger partial charge in [-0.1, -0.05) is 18.2 Å². The number of fused-ring (bicyclic) bond motifs is 1. The van der Waals surface area contributed by atoms with Crippen LogP contribution >= 0.6 is 0 Å². The SMILES string of the molecule is O=C(CCCN1C(=O)c2ccccc2C1=O)Nc1cccc(NC(=O)N2CCCC2)c1. The fourth-order valence-corrected chi connectivity index (χ4v) is 3.86. The summed E-state index contributed by atoms with van der Waals surface area (Å²) >= 11 is 0. The van der Waals surface area contributed by atoms with Crippen molar-refractivity contribution >= 4 is 35.1 Å². The molecule has 0 saturated carbocycles.